The zero-order valence-corrected chi connectivity index (χ0v) is 9.88. The van der Waals surface area contributed by atoms with E-state index in [2.05, 4.69) is 28.8 Å². The van der Waals surface area contributed by atoms with Crippen LogP contribution in [0, 0.1) is 5.92 Å². The van der Waals surface area contributed by atoms with Gasteiger partial charge in [-0.15, -0.1) is 0 Å². The molecule has 5 heteroatoms. The summed E-state index contributed by atoms with van der Waals surface area (Å²) in [6.07, 6.45) is 0. The summed E-state index contributed by atoms with van der Waals surface area (Å²) in [5.41, 5.74) is 7.03. The maximum Gasteiger partial charge on any atom is 0.196 e. The largest absolute Gasteiger partial charge is 0.493 e. The van der Waals surface area contributed by atoms with Crippen molar-refractivity contribution < 1.29 is 9.37 Å². The number of nitrogens with zero attached hydrogens (tertiary/aromatic N) is 2. The number of anilines is 1. The third-order valence-electron chi connectivity index (χ3n) is 2.22. The van der Waals surface area contributed by atoms with Crippen molar-refractivity contribution in [1.82, 2.24) is 10.3 Å². The summed E-state index contributed by atoms with van der Waals surface area (Å²) in [7, 11) is 0. The molecule has 2 N–H and O–H groups in total. The molecule has 0 atom stereocenters. The van der Waals surface area contributed by atoms with Gasteiger partial charge in [-0.25, -0.2) is 4.63 Å². The Morgan fingerprint density at radius 1 is 1.24 bits per heavy atom. The average Bonchev–Trinajstić information content (AvgIpc) is 2.73. The zero-order valence-electron chi connectivity index (χ0n) is 9.88. The van der Waals surface area contributed by atoms with E-state index in [1.807, 2.05) is 24.3 Å². The minimum Gasteiger partial charge on any atom is -0.493 e. The fourth-order valence-corrected chi connectivity index (χ4v) is 1.37. The van der Waals surface area contributed by atoms with E-state index >= 15 is 0 Å². The Bertz CT molecular complexity index is 477. The van der Waals surface area contributed by atoms with Gasteiger partial charge in [0.05, 0.1) is 6.61 Å². The third-order valence-corrected chi connectivity index (χ3v) is 2.22. The lowest BCUT2D eigenvalue weighted by molar-refractivity contribution is 0.271. The summed E-state index contributed by atoms with van der Waals surface area (Å²) < 4.78 is 10.1. The SMILES string of the molecule is CC(C)COc1ccc(-c2nonc2N)cc1. The van der Waals surface area contributed by atoms with Crippen LogP contribution in [0.4, 0.5) is 5.82 Å². The molecule has 0 aliphatic heterocycles. The van der Waals surface area contributed by atoms with Crippen molar-refractivity contribution in [3.63, 3.8) is 0 Å². The maximum absolute atomic E-state index is 5.61. The van der Waals surface area contributed by atoms with Gasteiger partial charge in [0.2, 0.25) is 0 Å². The molecule has 0 amide bonds. The molecule has 0 spiro atoms. The number of hydrogen-bond acceptors (Lipinski definition) is 5. The number of nitrogen functional groups attached to an aromatic ring is 1. The lowest BCUT2D eigenvalue weighted by Crippen LogP contribution is -2.04. The molecule has 0 unspecified atom stereocenters. The molecule has 1 heterocycles. The first-order chi connectivity index (χ1) is 8.16. The van der Waals surface area contributed by atoms with E-state index in [9.17, 15) is 0 Å². The predicted octanol–water partition coefficient (Wildman–Crippen LogP) is 2.35. The molecule has 0 bridgehead atoms. The molecule has 0 saturated heterocycles. The lowest BCUT2D eigenvalue weighted by atomic mass is 10.1. The highest BCUT2D eigenvalue weighted by Crippen LogP contribution is 2.24. The molecular weight excluding hydrogens is 218 g/mol. The first-order valence-electron chi connectivity index (χ1n) is 5.48. The number of aromatic nitrogens is 2. The molecule has 1 aromatic carbocycles. The number of benzene rings is 1. The molecule has 5 nitrogen and oxygen atoms in total. The maximum atomic E-state index is 5.61. The third kappa shape index (κ3) is 2.75. The summed E-state index contributed by atoms with van der Waals surface area (Å²) >= 11 is 0. The van der Waals surface area contributed by atoms with Crippen LogP contribution < -0.4 is 10.5 Å². The first-order valence-corrected chi connectivity index (χ1v) is 5.48. The van der Waals surface area contributed by atoms with Crippen LogP contribution in [0.5, 0.6) is 5.75 Å². The van der Waals surface area contributed by atoms with Gasteiger partial charge in [-0.05, 0) is 40.5 Å². The minimum absolute atomic E-state index is 0.292. The molecule has 0 aliphatic rings. The fraction of sp³-hybridized carbons (Fsp3) is 0.333. The summed E-state index contributed by atoms with van der Waals surface area (Å²) in [5, 5.41) is 7.27. The molecule has 1 aromatic heterocycles. The van der Waals surface area contributed by atoms with E-state index < -0.39 is 0 Å². The van der Waals surface area contributed by atoms with Crippen LogP contribution in [0.2, 0.25) is 0 Å². The predicted molar refractivity (Wildman–Crippen MR) is 64.5 cm³/mol. The Morgan fingerprint density at radius 2 is 1.94 bits per heavy atom. The molecule has 0 saturated carbocycles. The molecule has 17 heavy (non-hydrogen) atoms. The Kier molecular flexibility index (Phi) is 3.27. The van der Waals surface area contributed by atoms with Gasteiger partial charge >= 0.3 is 0 Å². The summed E-state index contributed by atoms with van der Waals surface area (Å²) in [6, 6.07) is 7.52. The second kappa shape index (κ2) is 4.86. The number of hydrogen-bond donors (Lipinski definition) is 1. The van der Waals surface area contributed by atoms with Crippen molar-refractivity contribution in [1.29, 1.82) is 0 Å². The zero-order chi connectivity index (χ0) is 12.3. The topological polar surface area (TPSA) is 74.2 Å². The monoisotopic (exact) mass is 233 g/mol. The van der Waals surface area contributed by atoms with E-state index in [-0.39, 0.29) is 0 Å². The van der Waals surface area contributed by atoms with E-state index in [0.29, 0.717) is 24.0 Å². The lowest BCUT2D eigenvalue weighted by Gasteiger charge is -2.08. The van der Waals surface area contributed by atoms with Gasteiger partial charge in [0, 0.05) is 5.56 Å². The van der Waals surface area contributed by atoms with Gasteiger partial charge in [0.1, 0.15) is 5.75 Å². The number of ether oxygens (including phenoxy) is 1. The Balaban J connectivity index is 2.11. The van der Waals surface area contributed by atoms with E-state index in [0.717, 1.165) is 11.3 Å². The van der Waals surface area contributed by atoms with Crippen LogP contribution in [0.3, 0.4) is 0 Å². The van der Waals surface area contributed by atoms with Crippen molar-refractivity contribution in [2.24, 2.45) is 5.92 Å². The van der Waals surface area contributed by atoms with Gasteiger partial charge < -0.3 is 10.5 Å². The van der Waals surface area contributed by atoms with E-state index in [1.165, 1.54) is 0 Å². The van der Waals surface area contributed by atoms with Crippen LogP contribution in [0.1, 0.15) is 13.8 Å². The molecule has 0 radical (unpaired) electrons. The van der Waals surface area contributed by atoms with Gasteiger partial charge in [0.25, 0.3) is 0 Å². The molecule has 0 fully saturated rings. The quantitative estimate of drug-likeness (QED) is 0.877. The Morgan fingerprint density at radius 3 is 2.47 bits per heavy atom. The second-order valence-corrected chi connectivity index (χ2v) is 4.23. The van der Waals surface area contributed by atoms with E-state index in [1.54, 1.807) is 0 Å². The molecule has 2 aromatic rings. The normalized spacial score (nSPS) is 10.8. The highest BCUT2D eigenvalue weighted by molar-refractivity contribution is 5.69. The minimum atomic E-state index is 0.292. The average molecular weight is 233 g/mol. The number of rotatable bonds is 4. The standard InChI is InChI=1S/C12H15N3O2/c1-8(2)7-16-10-5-3-9(4-6-10)11-12(13)15-17-14-11/h3-6,8H,7H2,1-2H3,(H2,13,15). The van der Waals surface area contributed by atoms with Gasteiger partial charge in [-0.3, -0.25) is 0 Å². The number of nitrogens with two attached hydrogens (primary N) is 1. The second-order valence-electron chi connectivity index (χ2n) is 4.23. The highest BCUT2D eigenvalue weighted by Gasteiger charge is 2.08. The summed E-state index contributed by atoms with van der Waals surface area (Å²) in [6.45, 7) is 4.92. The van der Waals surface area contributed by atoms with Crippen molar-refractivity contribution in [3.8, 4) is 17.0 Å². The summed E-state index contributed by atoms with van der Waals surface area (Å²) in [5.74, 6) is 1.63. The molecule has 90 valence electrons. The fourth-order valence-electron chi connectivity index (χ4n) is 1.37. The van der Waals surface area contributed by atoms with Crippen LogP contribution >= 0.6 is 0 Å². The van der Waals surface area contributed by atoms with Crippen LogP contribution in [0.15, 0.2) is 28.9 Å². The van der Waals surface area contributed by atoms with Crippen LogP contribution in [-0.2, 0) is 0 Å². The van der Waals surface area contributed by atoms with Crippen molar-refractivity contribution in [2.75, 3.05) is 12.3 Å². The van der Waals surface area contributed by atoms with Gasteiger partial charge in [-0.1, -0.05) is 13.8 Å². The Hall–Kier alpha value is -2.04. The molecular formula is C12H15N3O2. The Labute approximate surface area is 99.5 Å². The van der Waals surface area contributed by atoms with Crippen LogP contribution in [-0.4, -0.2) is 16.9 Å². The molecule has 0 aliphatic carbocycles. The van der Waals surface area contributed by atoms with Crippen molar-refractivity contribution >= 4 is 5.82 Å². The first kappa shape index (κ1) is 11.4. The van der Waals surface area contributed by atoms with Gasteiger partial charge in [-0.2, -0.15) is 0 Å². The molecule has 2 rings (SSSR count). The smallest absolute Gasteiger partial charge is 0.196 e. The van der Waals surface area contributed by atoms with E-state index in [4.69, 9.17) is 10.5 Å². The van der Waals surface area contributed by atoms with Gasteiger partial charge in [0.15, 0.2) is 11.5 Å². The van der Waals surface area contributed by atoms with Crippen molar-refractivity contribution in [3.05, 3.63) is 24.3 Å². The van der Waals surface area contributed by atoms with Crippen molar-refractivity contribution in [2.45, 2.75) is 13.8 Å². The highest BCUT2D eigenvalue weighted by atomic mass is 16.6. The summed E-state index contributed by atoms with van der Waals surface area (Å²) in [4.78, 5) is 0. The van der Waals surface area contributed by atoms with Crippen LogP contribution in [0.25, 0.3) is 11.3 Å².